The van der Waals surface area contributed by atoms with Gasteiger partial charge in [0, 0.05) is 5.69 Å². The minimum absolute atomic E-state index is 0.239. The summed E-state index contributed by atoms with van der Waals surface area (Å²) in [6.07, 6.45) is 0. The number of rotatable bonds is 6. The van der Waals surface area contributed by atoms with Crippen molar-refractivity contribution in [2.75, 3.05) is 11.1 Å². The number of carbonyl (C=O) groups excluding carboxylic acids is 1. The third kappa shape index (κ3) is 4.19. The molecule has 31 heavy (non-hydrogen) atoms. The lowest BCUT2D eigenvalue weighted by Gasteiger charge is -2.12. The van der Waals surface area contributed by atoms with Crippen molar-refractivity contribution in [1.82, 2.24) is 14.1 Å². The summed E-state index contributed by atoms with van der Waals surface area (Å²) in [6, 6.07) is 16.1. The van der Waals surface area contributed by atoms with Crippen LogP contribution in [-0.2, 0) is 11.3 Å². The molecule has 1 amide bonds. The van der Waals surface area contributed by atoms with Gasteiger partial charge in [-0.2, -0.15) is 0 Å². The standard InChI is InChI=1S/C22H20N4O3S2/c1-3-30-21-24-19-18(31-21)20(28)26(15-10-5-4-6-11-15)22(29)25(19)13-17(27)23-16-12-8-7-9-14(16)2/h4-12H,3,13H2,1-2H3,(H,23,27). The molecule has 0 fully saturated rings. The van der Waals surface area contributed by atoms with E-state index in [1.807, 2.05) is 38.1 Å². The number of hydrogen-bond acceptors (Lipinski definition) is 6. The van der Waals surface area contributed by atoms with Crippen LogP contribution < -0.4 is 16.6 Å². The normalized spacial score (nSPS) is 11.0. The lowest BCUT2D eigenvalue weighted by atomic mass is 10.2. The molecular weight excluding hydrogens is 432 g/mol. The molecular formula is C22H20N4O3S2. The number of thioether (sulfide) groups is 1. The fourth-order valence-electron chi connectivity index (χ4n) is 3.19. The van der Waals surface area contributed by atoms with Gasteiger partial charge in [-0.15, -0.1) is 11.3 Å². The first-order valence-corrected chi connectivity index (χ1v) is 11.5. The Morgan fingerprint density at radius 2 is 1.81 bits per heavy atom. The Kier molecular flexibility index (Phi) is 6.06. The van der Waals surface area contributed by atoms with Gasteiger partial charge in [0.05, 0.1) is 5.69 Å². The summed E-state index contributed by atoms with van der Waals surface area (Å²) < 4.78 is 3.41. The smallest absolute Gasteiger partial charge is 0.324 e. The number of aryl methyl sites for hydroxylation is 1. The minimum atomic E-state index is -0.595. The zero-order chi connectivity index (χ0) is 22.0. The van der Waals surface area contributed by atoms with Crippen LogP contribution in [0.5, 0.6) is 0 Å². The highest BCUT2D eigenvalue weighted by Crippen LogP contribution is 2.27. The Morgan fingerprint density at radius 3 is 2.52 bits per heavy atom. The van der Waals surface area contributed by atoms with E-state index in [1.165, 1.54) is 27.7 Å². The van der Waals surface area contributed by atoms with E-state index in [1.54, 1.807) is 30.3 Å². The van der Waals surface area contributed by atoms with Crippen molar-refractivity contribution < 1.29 is 4.79 Å². The lowest BCUT2D eigenvalue weighted by Crippen LogP contribution is -2.40. The van der Waals surface area contributed by atoms with Crippen molar-refractivity contribution in [2.45, 2.75) is 24.7 Å². The molecule has 4 rings (SSSR count). The van der Waals surface area contributed by atoms with E-state index in [2.05, 4.69) is 10.3 Å². The number of aromatic nitrogens is 3. The molecule has 4 aromatic rings. The number of thiazole rings is 1. The molecule has 0 aliphatic rings. The predicted octanol–water partition coefficient (Wildman–Crippen LogP) is 3.67. The first kappa shape index (κ1) is 21.1. The van der Waals surface area contributed by atoms with Gasteiger partial charge >= 0.3 is 5.69 Å². The molecule has 2 aromatic carbocycles. The zero-order valence-electron chi connectivity index (χ0n) is 17.0. The van der Waals surface area contributed by atoms with Crippen LogP contribution in [0.3, 0.4) is 0 Å². The highest BCUT2D eigenvalue weighted by Gasteiger charge is 2.20. The summed E-state index contributed by atoms with van der Waals surface area (Å²) in [5.74, 6) is 0.415. The van der Waals surface area contributed by atoms with Gasteiger partial charge in [0.1, 0.15) is 11.2 Å². The van der Waals surface area contributed by atoms with E-state index in [9.17, 15) is 14.4 Å². The highest BCUT2D eigenvalue weighted by atomic mass is 32.2. The molecule has 7 nitrogen and oxygen atoms in total. The van der Waals surface area contributed by atoms with Crippen molar-refractivity contribution in [1.29, 1.82) is 0 Å². The van der Waals surface area contributed by atoms with E-state index >= 15 is 0 Å². The molecule has 1 N–H and O–H groups in total. The van der Waals surface area contributed by atoms with Gasteiger partial charge in [0.25, 0.3) is 5.56 Å². The quantitative estimate of drug-likeness (QED) is 0.451. The SMILES string of the molecule is CCSc1nc2c(s1)c(=O)n(-c1ccccc1)c(=O)n2CC(=O)Nc1ccccc1C. The van der Waals surface area contributed by atoms with Crippen LogP contribution in [0.2, 0.25) is 0 Å². The van der Waals surface area contributed by atoms with Crippen LogP contribution in [-0.4, -0.2) is 25.8 Å². The van der Waals surface area contributed by atoms with Crippen LogP contribution in [0.4, 0.5) is 5.69 Å². The van der Waals surface area contributed by atoms with Crippen molar-refractivity contribution >= 4 is 45.0 Å². The number of benzene rings is 2. The van der Waals surface area contributed by atoms with Gasteiger partial charge in [-0.25, -0.2) is 14.3 Å². The number of para-hydroxylation sites is 2. The molecule has 0 aliphatic heterocycles. The number of nitrogens with zero attached hydrogens (tertiary/aromatic N) is 3. The summed E-state index contributed by atoms with van der Waals surface area (Å²) in [6.45, 7) is 3.63. The molecule has 9 heteroatoms. The van der Waals surface area contributed by atoms with Crippen molar-refractivity contribution in [3.63, 3.8) is 0 Å². The predicted molar refractivity (Wildman–Crippen MR) is 126 cm³/mol. The summed E-state index contributed by atoms with van der Waals surface area (Å²) in [5.41, 5.74) is 1.25. The maximum absolute atomic E-state index is 13.3. The first-order chi connectivity index (χ1) is 15.0. The second kappa shape index (κ2) is 8.91. The number of nitrogens with one attached hydrogen (secondary N) is 1. The minimum Gasteiger partial charge on any atom is -0.324 e. The number of anilines is 1. The van der Waals surface area contributed by atoms with Crippen LogP contribution in [0.25, 0.3) is 16.0 Å². The van der Waals surface area contributed by atoms with Crippen LogP contribution in [0.15, 0.2) is 68.5 Å². The average molecular weight is 453 g/mol. The summed E-state index contributed by atoms with van der Waals surface area (Å²) in [5, 5.41) is 2.84. The van der Waals surface area contributed by atoms with Crippen LogP contribution in [0.1, 0.15) is 12.5 Å². The van der Waals surface area contributed by atoms with E-state index in [-0.39, 0.29) is 18.1 Å². The highest BCUT2D eigenvalue weighted by molar-refractivity contribution is 8.01. The Bertz CT molecular complexity index is 1370. The lowest BCUT2D eigenvalue weighted by molar-refractivity contribution is -0.116. The number of hydrogen-bond donors (Lipinski definition) is 1. The fraction of sp³-hybridized carbons (Fsp3) is 0.182. The molecule has 0 radical (unpaired) electrons. The second-order valence-corrected chi connectivity index (χ2v) is 9.28. The van der Waals surface area contributed by atoms with Crippen molar-refractivity contribution in [2.24, 2.45) is 0 Å². The number of fused-ring (bicyclic) bond motifs is 1. The van der Waals surface area contributed by atoms with Crippen LogP contribution in [0, 0.1) is 6.92 Å². The van der Waals surface area contributed by atoms with E-state index < -0.39 is 11.2 Å². The fourth-order valence-corrected chi connectivity index (χ4v) is 5.16. The third-order valence-corrected chi connectivity index (χ3v) is 6.73. The number of amides is 1. The van der Waals surface area contributed by atoms with Gasteiger partial charge in [0.2, 0.25) is 5.91 Å². The molecule has 158 valence electrons. The van der Waals surface area contributed by atoms with E-state index in [0.29, 0.717) is 20.4 Å². The maximum atomic E-state index is 13.3. The first-order valence-electron chi connectivity index (χ1n) is 9.69. The van der Waals surface area contributed by atoms with Crippen molar-refractivity contribution in [3.8, 4) is 5.69 Å². The molecule has 0 bridgehead atoms. The van der Waals surface area contributed by atoms with Gasteiger partial charge < -0.3 is 5.32 Å². The third-order valence-electron chi connectivity index (χ3n) is 4.67. The molecule has 0 unspecified atom stereocenters. The monoisotopic (exact) mass is 452 g/mol. The maximum Gasteiger partial charge on any atom is 0.337 e. The Hall–Kier alpha value is -3.17. The Labute approximate surface area is 186 Å². The van der Waals surface area contributed by atoms with E-state index in [4.69, 9.17) is 0 Å². The number of carbonyl (C=O) groups is 1. The van der Waals surface area contributed by atoms with Crippen molar-refractivity contribution in [3.05, 3.63) is 81.0 Å². The average Bonchev–Trinajstić information content (AvgIpc) is 3.18. The molecule has 0 saturated carbocycles. The molecule has 0 spiro atoms. The van der Waals surface area contributed by atoms with E-state index in [0.717, 1.165) is 15.9 Å². The molecule has 2 heterocycles. The molecule has 0 atom stereocenters. The molecule has 0 saturated heterocycles. The Balaban J connectivity index is 1.85. The van der Waals surface area contributed by atoms with Crippen LogP contribution >= 0.6 is 23.1 Å². The second-order valence-electron chi connectivity index (χ2n) is 6.77. The summed E-state index contributed by atoms with van der Waals surface area (Å²) in [7, 11) is 0. The topological polar surface area (TPSA) is 86.0 Å². The van der Waals surface area contributed by atoms with Gasteiger partial charge in [-0.05, 0) is 36.4 Å². The van der Waals surface area contributed by atoms with Gasteiger partial charge in [0.15, 0.2) is 9.99 Å². The van der Waals surface area contributed by atoms with Gasteiger partial charge in [-0.3, -0.25) is 14.2 Å². The molecule has 2 aromatic heterocycles. The molecule has 0 aliphatic carbocycles. The van der Waals surface area contributed by atoms with Gasteiger partial charge in [-0.1, -0.05) is 55.1 Å². The Morgan fingerprint density at radius 1 is 1.10 bits per heavy atom. The largest absolute Gasteiger partial charge is 0.337 e. The summed E-state index contributed by atoms with van der Waals surface area (Å²) >= 11 is 2.73. The summed E-state index contributed by atoms with van der Waals surface area (Å²) in [4.78, 5) is 43.8. The zero-order valence-corrected chi connectivity index (χ0v) is 18.6.